The number of rotatable bonds is 5. The van der Waals surface area contributed by atoms with Gasteiger partial charge in [-0.3, -0.25) is 10.1 Å². The average molecular weight is 295 g/mol. The first-order chi connectivity index (χ1) is 9.19. The average Bonchev–Trinajstić information content (AvgIpc) is 2.84. The van der Waals surface area contributed by atoms with Crippen molar-refractivity contribution in [3.05, 3.63) is 48.3 Å². The van der Waals surface area contributed by atoms with Crippen LogP contribution in [0.1, 0.15) is 10.4 Å². The van der Waals surface area contributed by atoms with Gasteiger partial charge in [0.15, 0.2) is 4.34 Å². The molecule has 0 radical (unpaired) electrons. The maximum atomic E-state index is 13.0. The van der Waals surface area contributed by atoms with Crippen LogP contribution in [0.2, 0.25) is 0 Å². The fourth-order valence-electron chi connectivity index (χ4n) is 1.25. The summed E-state index contributed by atoms with van der Waals surface area (Å²) in [7, 11) is 0. The van der Waals surface area contributed by atoms with Crippen LogP contribution in [0.25, 0.3) is 0 Å². The van der Waals surface area contributed by atoms with E-state index in [-0.39, 0.29) is 5.56 Å². The van der Waals surface area contributed by atoms with Gasteiger partial charge in [0.2, 0.25) is 5.13 Å². The minimum absolute atomic E-state index is 0.246. The molecule has 0 unspecified atom stereocenters. The fourth-order valence-corrected chi connectivity index (χ4v) is 2.76. The quantitative estimate of drug-likeness (QED) is 0.523. The van der Waals surface area contributed by atoms with Gasteiger partial charge in [-0.1, -0.05) is 35.2 Å². The van der Waals surface area contributed by atoms with Crippen LogP contribution in [-0.2, 0) is 0 Å². The molecule has 0 aliphatic rings. The van der Waals surface area contributed by atoms with Crippen molar-refractivity contribution in [3.8, 4) is 0 Å². The summed E-state index contributed by atoms with van der Waals surface area (Å²) in [5, 5.41) is 10.7. The van der Waals surface area contributed by atoms with Gasteiger partial charge in [-0.15, -0.1) is 16.8 Å². The zero-order valence-corrected chi connectivity index (χ0v) is 11.4. The summed E-state index contributed by atoms with van der Waals surface area (Å²) in [6.07, 6.45) is 1.76. The normalized spacial score (nSPS) is 10.2. The minimum Gasteiger partial charge on any atom is -0.296 e. The monoisotopic (exact) mass is 295 g/mol. The SMILES string of the molecule is C=CCSc1nnc(NC(=O)c2cccc(F)c2)s1. The summed E-state index contributed by atoms with van der Waals surface area (Å²) in [6, 6.07) is 5.47. The van der Waals surface area contributed by atoms with E-state index in [2.05, 4.69) is 22.1 Å². The first kappa shape index (κ1) is 13.7. The molecular weight excluding hydrogens is 285 g/mol. The van der Waals surface area contributed by atoms with Crippen LogP contribution >= 0.6 is 23.1 Å². The van der Waals surface area contributed by atoms with E-state index < -0.39 is 11.7 Å². The van der Waals surface area contributed by atoms with Crippen LogP contribution < -0.4 is 5.32 Å². The van der Waals surface area contributed by atoms with Crippen molar-refractivity contribution < 1.29 is 9.18 Å². The molecule has 0 saturated carbocycles. The van der Waals surface area contributed by atoms with E-state index in [1.54, 1.807) is 6.08 Å². The molecule has 19 heavy (non-hydrogen) atoms. The van der Waals surface area contributed by atoms with Crippen LogP contribution in [0.3, 0.4) is 0 Å². The highest BCUT2D eigenvalue weighted by Crippen LogP contribution is 2.25. The van der Waals surface area contributed by atoms with Crippen molar-refractivity contribution in [2.75, 3.05) is 11.1 Å². The van der Waals surface area contributed by atoms with Gasteiger partial charge in [0, 0.05) is 11.3 Å². The Morgan fingerprint density at radius 2 is 2.37 bits per heavy atom. The van der Waals surface area contributed by atoms with Crippen LogP contribution in [0.4, 0.5) is 9.52 Å². The molecule has 1 N–H and O–H groups in total. The maximum Gasteiger partial charge on any atom is 0.257 e. The molecule has 2 aromatic rings. The van der Waals surface area contributed by atoms with E-state index in [1.807, 2.05) is 0 Å². The Morgan fingerprint density at radius 3 is 3.11 bits per heavy atom. The van der Waals surface area contributed by atoms with Crippen molar-refractivity contribution in [1.82, 2.24) is 10.2 Å². The predicted octanol–water partition coefficient (Wildman–Crippen LogP) is 3.21. The van der Waals surface area contributed by atoms with Crippen molar-refractivity contribution in [2.24, 2.45) is 0 Å². The number of nitrogens with zero attached hydrogens (tertiary/aromatic N) is 2. The summed E-state index contributed by atoms with van der Waals surface area (Å²) in [5.74, 6) is -0.130. The lowest BCUT2D eigenvalue weighted by Crippen LogP contribution is -2.11. The molecule has 1 heterocycles. The predicted molar refractivity (Wildman–Crippen MR) is 75.2 cm³/mol. The lowest BCUT2D eigenvalue weighted by atomic mass is 10.2. The number of aromatic nitrogens is 2. The van der Waals surface area contributed by atoms with Crippen LogP contribution in [0.15, 0.2) is 41.3 Å². The molecule has 98 valence electrons. The Morgan fingerprint density at radius 1 is 1.53 bits per heavy atom. The number of anilines is 1. The van der Waals surface area contributed by atoms with Gasteiger partial charge in [-0.25, -0.2) is 4.39 Å². The molecule has 0 aliphatic heterocycles. The summed E-state index contributed by atoms with van der Waals surface area (Å²) in [5.41, 5.74) is 0.246. The van der Waals surface area contributed by atoms with E-state index in [0.717, 1.165) is 10.1 Å². The number of thioether (sulfide) groups is 1. The zero-order valence-electron chi connectivity index (χ0n) is 9.80. The number of amides is 1. The van der Waals surface area contributed by atoms with Crippen LogP contribution in [0, 0.1) is 5.82 Å². The fraction of sp³-hybridized carbons (Fsp3) is 0.0833. The third-order valence-corrected chi connectivity index (χ3v) is 4.01. The molecule has 0 bridgehead atoms. The molecule has 0 spiro atoms. The molecule has 1 aromatic carbocycles. The summed E-state index contributed by atoms with van der Waals surface area (Å²) in [6.45, 7) is 3.61. The third kappa shape index (κ3) is 3.87. The number of benzene rings is 1. The number of carbonyl (C=O) groups is 1. The summed E-state index contributed by atoms with van der Waals surface area (Å²) < 4.78 is 13.7. The van der Waals surface area contributed by atoms with Gasteiger partial charge in [0.05, 0.1) is 0 Å². The van der Waals surface area contributed by atoms with E-state index in [1.165, 1.54) is 47.4 Å². The van der Waals surface area contributed by atoms with Gasteiger partial charge in [0.25, 0.3) is 5.91 Å². The number of hydrogen-bond acceptors (Lipinski definition) is 5. The standard InChI is InChI=1S/C12H10FN3OS2/c1-2-6-18-12-16-15-11(19-12)14-10(17)8-4-3-5-9(13)7-8/h2-5,7H,1,6H2,(H,14,15,17). The van der Waals surface area contributed by atoms with Crippen LogP contribution in [-0.4, -0.2) is 21.9 Å². The Balaban J connectivity index is 2.02. The van der Waals surface area contributed by atoms with Gasteiger partial charge < -0.3 is 0 Å². The molecule has 1 amide bonds. The second kappa shape index (κ2) is 6.44. The smallest absolute Gasteiger partial charge is 0.257 e. The Hall–Kier alpha value is -1.73. The van der Waals surface area contributed by atoms with Crippen molar-refractivity contribution in [2.45, 2.75) is 4.34 Å². The first-order valence-corrected chi connectivity index (χ1v) is 7.13. The van der Waals surface area contributed by atoms with E-state index in [0.29, 0.717) is 5.13 Å². The second-order valence-corrected chi connectivity index (χ2v) is 5.68. The Labute approximate surface area is 117 Å². The first-order valence-electron chi connectivity index (χ1n) is 5.33. The third-order valence-electron chi connectivity index (χ3n) is 2.04. The topological polar surface area (TPSA) is 54.9 Å². The van der Waals surface area contributed by atoms with Gasteiger partial charge in [-0.05, 0) is 18.2 Å². The lowest BCUT2D eigenvalue weighted by molar-refractivity contribution is 0.102. The highest BCUT2D eigenvalue weighted by Gasteiger charge is 2.10. The van der Waals surface area contributed by atoms with Crippen molar-refractivity contribution in [3.63, 3.8) is 0 Å². The van der Waals surface area contributed by atoms with E-state index in [9.17, 15) is 9.18 Å². The molecule has 0 atom stereocenters. The highest BCUT2D eigenvalue weighted by atomic mass is 32.2. The Kier molecular flexibility index (Phi) is 4.64. The molecule has 0 aliphatic carbocycles. The largest absolute Gasteiger partial charge is 0.296 e. The molecule has 4 nitrogen and oxygen atoms in total. The van der Waals surface area contributed by atoms with E-state index in [4.69, 9.17) is 0 Å². The van der Waals surface area contributed by atoms with Gasteiger partial charge >= 0.3 is 0 Å². The molecule has 1 aromatic heterocycles. The lowest BCUT2D eigenvalue weighted by Gasteiger charge is -2.00. The summed E-state index contributed by atoms with van der Waals surface area (Å²) >= 11 is 2.75. The maximum absolute atomic E-state index is 13.0. The minimum atomic E-state index is -0.452. The summed E-state index contributed by atoms with van der Waals surface area (Å²) in [4.78, 5) is 11.8. The molecule has 7 heteroatoms. The number of carbonyl (C=O) groups excluding carboxylic acids is 1. The second-order valence-electron chi connectivity index (χ2n) is 3.44. The zero-order chi connectivity index (χ0) is 13.7. The van der Waals surface area contributed by atoms with Crippen molar-refractivity contribution in [1.29, 1.82) is 0 Å². The molecular formula is C12H10FN3OS2. The Bertz CT molecular complexity index is 600. The molecule has 2 rings (SSSR count). The van der Waals surface area contributed by atoms with Gasteiger partial charge in [0.1, 0.15) is 5.82 Å². The van der Waals surface area contributed by atoms with E-state index >= 15 is 0 Å². The molecule has 0 fully saturated rings. The van der Waals surface area contributed by atoms with Crippen LogP contribution in [0.5, 0.6) is 0 Å². The number of halogens is 1. The highest BCUT2D eigenvalue weighted by molar-refractivity contribution is 8.01. The van der Waals surface area contributed by atoms with Gasteiger partial charge in [-0.2, -0.15) is 0 Å². The number of nitrogens with one attached hydrogen (secondary N) is 1. The molecule has 0 saturated heterocycles. The number of hydrogen-bond donors (Lipinski definition) is 1. The van der Waals surface area contributed by atoms with Crippen molar-refractivity contribution >= 4 is 34.1 Å².